The van der Waals surface area contributed by atoms with Crippen LogP contribution in [0.25, 0.3) is 0 Å². The van der Waals surface area contributed by atoms with Crippen LogP contribution < -0.4 is 15.4 Å². The summed E-state index contributed by atoms with van der Waals surface area (Å²) in [6.07, 6.45) is 0.714. The Hall–Kier alpha value is -2.83. The Labute approximate surface area is 147 Å². The molecule has 2 aromatic rings. The minimum absolute atomic E-state index is 0.0601. The van der Waals surface area contributed by atoms with Crippen molar-refractivity contribution in [1.29, 1.82) is 0 Å². The minimum Gasteiger partial charge on any atom is -0.497 e. The third-order valence-electron chi connectivity index (χ3n) is 3.74. The molecule has 0 bridgehead atoms. The van der Waals surface area contributed by atoms with Crippen molar-refractivity contribution < 1.29 is 14.3 Å². The molecule has 0 aliphatic rings. The summed E-state index contributed by atoms with van der Waals surface area (Å²) < 4.78 is 6.72. The zero-order chi connectivity index (χ0) is 18.2. The largest absolute Gasteiger partial charge is 0.497 e. The lowest BCUT2D eigenvalue weighted by Gasteiger charge is -2.08. The second kappa shape index (κ2) is 8.86. The number of rotatable bonds is 8. The number of methoxy groups -OCH3 is 1. The average molecular weight is 344 g/mol. The van der Waals surface area contributed by atoms with E-state index in [2.05, 4.69) is 15.7 Å². The molecule has 1 aromatic carbocycles. The molecular weight excluding hydrogens is 320 g/mol. The fourth-order valence-corrected chi connectivity index (χ4v) is 2.42. The molecule has 7 nitrogen and oxygen atoms in total. The number of ether oxygens (including phenoxy) is 1. The lowest BCUT2D eigenvalue weighted by atomic mass is 10.1. The fourth-order valence-electron chi connectivity index (χ4n) is 2.42. The van der Waals surface area contributed by atoms with Gasteiger partial charge in [-0.3, -0.25) is 14.3 Å². The summed E-state index contributed by atoms with van der Waals surface area (Å²) in [5, 5.41) is 9.63. The molecule has 0 atom stereocenters. The zero-order valence-electron chi connectivity index (χ0n) is 14.8. The molecule has 1 heterocycles. The minimum atomic E-state index is -0.298. The highest BCUT2D eigenvalue weighted by molar-refractivity contribution is 5.95. The van der Waals surface area contributed by atoms with Crippen LogP contribution in [0.15, 0.2) is 30.3 Å². The molecule has 134 valence electrons. The number of hydrogen-bond donors (Lipinski definition) is 2. The number of carbonyl (C=O) groups is 2. The maximum absolute atomic E-state index is 12.1. The Bertz CT molecular complexity index is 722. The van der Waals surface area contributed by atoms with Crippen LogP contribution >= 0.6 is 0 Å². The van der Waals surface area contributed by atoms with E-state index in [0.717, 1.165) is 17.0 Å². The molecule has 2 amide bonds. The highest BCUT2D eigenvalue weighted by atomic mass is 16.5. The van der Waals surface area contributed by atoms with Crippen LogP contribution in [0.3, 0.4) is 0 Å². The third kappa shape index (κ3) is 5.34. The molecule has 25 heavy (non-hydrogen) atoms. The van der Waals surface area contributed by atoms with Crippen LogP contribution in [-0.4, -0.2) is 41.8 Å². The van der Waals surface area contributed by atoms with Gasteiger partial charge in [-0.15, -0.1) is 0 Å². The SMILES string of the molecule is CCn1nc(C)cc1C(=O)NCC(=O)NCCc1ccc(OC)cc1. The van der Waals surface area contributed by atoms with Crippen LogP contribution in [0.2, 0.25) is 0 Å². The summed E-state index contributed by atoms with van der Waals surface area (Å²) in [5.41, 5.74) is 2.34. The van der Waals surface area contributed by atoms with Gasteiger partial charge in [-0.25, -0.2) is 0 Å². The number of amides is 2. The van der Waals surface area contributed by atoms with Gasteiger partial charge >= 0.3 is 0 Å². The normalized spacial score (nSPS) is 10.4. The molecule has 2 rings (SSSR count). The predicted octanol–water partition coefficient (Wildman–Crippen LogP) is 1.31. The van der Waals surface area contributed by atoms with Crippen LogP contribution in [-0.2, 0) is 17.8 Å². The summed E-state index contributed by atoms with van der Waals surface area (Å²) in [6.45, 7) is 4.79. The molecule has 0 spiro atoms. The van der Waals surface area contributed by atoms with Crippen LogP contribution in [0, 0.1) is 6.92 Å². The molecule has 7 heteroatoms. The van der Waals surface area contributed by atoms with E-state index in [-0.39, 0.29) is 18.4 Å². The monoisotopic (exact) mass is 344 g/mol. The van der Waals surface area contributed by atoms with Gasteiger partial charge in [0.05, 0.1) is 19.3 Å². The molecule has 0 saturated heterocycles. The lowest BCUT2D eigenvalue weighted by Crippen LogP contribution is -2.38. The maximum atomic E-state index is 12.1. The number of benzene rings is 1. The fraction of sp³-hybridized carbons (Fsp3) is 0.389. The molecule has 0 saturated carbocycles. The van der Waals surface area contributed by atoms with Crippen LogP contribution in [0.5, 0.6) is 5.75 Å². The number of aryl methyl sites for hydroxylation is 2. The highest BCUT2D eigenvalue weighted by Gasteiger charge is 2.13. The number of carbonyl (C=O) groups excluding carboxylic acids is 2. The molecule has 0 aliphatic heterocycles. The highest BCUT2D eigenvalue weighted by Crippen LogP contribution is 2.11. The Morgan fingerprint density at radius 3 is 2.56 bits per heavy atom. The van der Waals surface area contributed by atoms with Gasteiger partial charge in [0.25, 0.3) is 5.91 Å². The summed E-state index contributed by atoms with van der Waals surface area (Å²) in [6, 6.07) is 9.40. The van der Waals surface area contributed by atoms with Crippen LogP contribution in [0.4, 0.5) is 0 Å². The third-order valence-corrected chi connectivity index (χ3v) is 3.74. The molecule has 2 N–H and O–H groups in total. The van der Waals surface area contributed by atoms with Crippen LogP contribution in [0.1, 0.15) is 28.7 Å². The summed E-state index contributed by atoms with van der Waals surface area (Å²) in [4.78, 5) is 24.0. The van der Waals surface area contributed by atoms with Gasteiger partial charge in [0.2, 0.25) is 5.91 Å². The quantitative estimate of drug-likeness (QED) is 0.756. The van der Waals surface area contributed by atoms with Gasteiger partial charge in [0.1, 0.15) is 11.4 Å². The Morgan fingerprint density at radius 2 is 1.92 bits per heavy atom. The smallest absolute Gasteiger partial charge is 0.269 e. The van der Waals surface area contributed by atoms with Crippen molar-refractivity contribution in [3.8, 4) is 5.75 Å². The zero-order valence-corrected chi connectivity index (χ0v) is 14.8. The first-order valence-electron chi connectivity index (χ1n) is 8.25. The van der Waals surface area contributed by atoms with Crippen molar-refractivity contribution in [3.63, 3.8) is 0 Å². The first-order chi connectivity index (χ1) is 12.0. The van der Waals surface area contributed by atoms with Crippen molar-refractivity contribution in [2.45, 2.75) is 26.8 Å². The van der Waals surface area contributed by atoms with Gasteiger partial charge < -0.3 is 15.4 Å². The van der Waals surface area contributed by atoms with Crippen molar-refractivity contribution >= 4 is 11.8 Å². The lowest BCUT2D eigenvalue weighted by molar-refractivity contribution is -0.120. The molecule has 0 unspecified atom stereocenters. The van der Waals surface area contributed by atoms with E-state index in [1.165, 1.54) is 0 Å². The summed E-state index contributed by atoms with van der Waals surface area (Å²) in [7, 11) is 1.62. The Morgan fingerprint density at radius 1 is 1.20 bits per heavy atom. The molecule has 1 aromatic heterocycles. The van der Waals surface area contributed by atoms with Gasteiger partial charge in [-0.2, -0.15) is 5.10 Å². The molecule has 0 fully saturated rings. The van der Waals surface area contributed by atoms with Gasteiger partial charge in [0, 0.05) is 13.1 Å². The van der Waals surface area contributed by atoms with E-state index in [9.17, 15) is 9.59 Å². The van der Waals surface area contributed by atoms with E-state index in [0.29, 0.717) is 25.2 Å². The predicted molar refractivity (Wildman–Crippen MR) is 94.7 cm³/mol. The standard InChI is InChI=1S/C18H24N4O3/c1-4-22-16(11-13(2)21-22)18(24)20-12-17(23)19-10-9-14-5-7-15(25-3)8-6-14/h5-8,11H,4,9-10,12H2,1-3H3,(H,19,23)(H,20,24). The molecule has 0 aliphatic carbocycles. The van der Waals surface area contributed by atoms with E-state index >= 15 is 0 Å². The average Bonchev–Trinajstić information content (AvgIpc) is 3.01. The van der Waals surface area contributed by atoms with Crippen molar-refractivity contribution in [2.24, 2.45) is 0 Å². The number of hydrogen-bond acceptors (Lipinski definition) is 4. The first kappa shape index (κ1) is 18.5. The number of nitrogens with one attached hydrogen (secondary N) is 2. The van der Waals surface area contributed by atoms with E-state index in [1.54, 1.807) is 17.9 Å². The topological polar surface area (TPSA) is 85.2 Å². The van der Waals surface area contributed by atoms with E-state index in [4.69, 9.17) is 4.74 Å². The van der Waals surface area contributed by atoms with E-state index in [1.807, 2.05) is 38.1 Å². The first-order valence-corrected chi connectivity index (χ1v) is 8.25. The van der Waals surface area contributed by atoms with Crippen molar-refractivity contribution in [1.82, 2.24) is 20.4 Å². The Balaban J connectivity index is 1.73. The number of nitrogens with zero attached hydrogens (tertiary/aromatic N) is 2. The maximum Gasteiger partial charge on any atom is 0.269 e. The van der Waals surface area contributed by atoms with E-state index < -0.39 is 0 Å². The van der Waals surface area contributed by atoms with Crippen molar-refractivity contribution in [2.75, 3.05) is 20.2 Å². The van der Waals surface area contributed by atoms with Gasteiger partial charge in [-0.05, 0) is 44.0 Å². The van der Waals surface area contributed by atoms with Gasteiger partial charge in [0.15, 0.2) is 0 Å². The molecule has 0 radical (unpaired) electrons. The summed E-state index contributed by atoms with van der Waals surface area (Å²) in [5.74, 6) is 0.283. The van der Waals surface area contributed by atoms with Gasteiger partial charge in [-0.1, -0.05) is 12.1 Å². The second-order valence-corrected chi connectivity index (χ2v) is 5.62. The van der Waals surface area contributed by atoms with Crippen molar-refractivity contribution in [3.05, 3.63) is 47.3 Å². The summed E-state index contributed by atoms with van der Waals surface area (Å²) >= 11 is 0. The Kier molecular flexibility index (Phi) is 6.56. The number of aromatic nitrogens is 2. The second-order valence-electron chi connectivity index (χ2n) is 5.62. The molecular formula is C18H24N4O3.